The predicted molar refractivity (Wildman–Crippen MR) is 91.1 cm³/mol. The third-order valence-corrected chi connectivity index (χ3v) is 4.59. The van der Waals surface area contributed by atoms with Gasteiger partial charge < -0.3 is 4.74 Å². The summed E-state index contributed by atoms with van der Waals surface area (Å²) >= 11 is 7.53. The van der Waals surface area contributed by atoms with E-state index in [0.717, 1.165) is 26.8 Å². The van der Waals surface area contributed by atoms with Gasteiger partial charge in [-0.25, -0.2) is 0 Å². The summed E-state index contributed by atoms with van der Waals surface area (Å²) in [5.41, 5.74) is 1.90. The van der Waals surface area contributed by atoms with Gasteiger partial charge in [-0.3, -0.25) is 0 Å². The lowest BCUT2D eigenvalue weighted by Crippen LogP contribution is -1.91. The average molecular weight is 343 g/mol. The van der Waals surface area contributed by atoms with Crippen molar-refractivity contribution in [1.29, 1.82) is 0 Å². The number of halogens is 1. The number of ether oxygens (including phenoxy) is 1. The maximum absolute atomic E-state index is 6.05. The summed E-state index contributed by atoms with van der Waals surface area (Å²) in [5, 5.41) is 14.6. The Balaban J connectivity index is 1.80. The Morgan fingerprint density at radius 1 is 1.04 bits per heavy atom. The van der Waals surface area contributed by atoms with Crippen molar-refractivity contribution < 1.29 is 4.74 Å². The zero-order valence-corrected chi connectivity index (χ0v) is 13.7. The number of hydrogen-bond donors (Lipinski definition) is 0. The van der Waals surface area contributed by atoms with Crippen molar-refractivity contribution in [2.24, 2.45) is 0 Å². The van der Waals surface area contributed by atoms with E-state index in [1.165, 1.54) is 11.3 Å². The zero-order valence-electron chi connectivity index (χ0n) is 12.1. The summed E-state index contributed by atoms with van der Waals surface area (Å²) in [6.45, 7) is 0. The standard InChI is InChI=1S/C16H11ClN4OS/c1-22-13-7-5-10(6-8-13)14-18-19-16-21(14)20-15(23-16)11-3-2-4-12(17)9-11/h2-9H,1H3. The SMILES string of the molecule is COc1ccc(-c2nnc3sc(-c4cccc(Cl)c4)nn23)cc1. The highest BCUT2D eigenvalue weighted by atomic mass is 35.5. The molecule has 5 nitrogen and oxygen atoms in total. The second kappa shape index (κ2) is 5.64. The highest BCUT2D eigenvalue weighted by molar-refractivity contribution is 7.19. The third kappa shape index (κ3) is 2.56. The van der Waals surface area contributed by atoms with Crippen molar-refractivity contribution in [2.75, 3.05) is 7.11 Å². The molecule has 7 heteroatoms. The molecule has 4 aromatic rings. The van der Waals surface area contributed by atoms with Crippen molar-refractivity contribution in [2.45, 2.75) is 0 Å². The summed E-state index contributed by atoms with van der Waals surface area (Å²) in [5.74, 6) is 1.50. The van der Waals surface area contributed by atoms with Crippen molar-refractivity contribution in [3.8, 4) is 27.7 Å². The molecule has 0 amide bonds. The van der Waals surface area contributed by atoms with Crippen LogP contribution in [-0.4, -0.2) is 26.9 Å². The van der Waals surface area contributed by atoms with Crippen LogP contribution in [0, 0.1) is 0 Å². The van der Waals surface area contributed by atoms with E-state index in [1.54, 1.807) is 11.6 Å². The smallest absolute Gasteiger partial charge is 0.235 e. The Hall–Kier alpha value is -2.44. The first-order chi connectivity index (χ1) is 11.2. The number of methoxy groups -OCH3 is 1. The van der Waals surface area contributed by atoms with Crippen LogP contribution < -0.4 is 4.74 Å². The molecular weight excluding hydrogens is 332 g/mol. The molecule has 114 valence electrons. The summed E-state index contributed by atoms with van der Waals surface area (Å²) < 4.78 is 6.93. The molecule has 23 heavy (non-hydrogen) atoms. The van der Waals surface area contributed by atoms with Crippen molar-refractivity contribution in [3.05, 3.63) is 53.6 Å². The first-order valence-corrected chi connectivity index (χ1v) is 8.06. The minimum absolute atomic E-state index is 0.684. The molecule has 0 unspecified atom stereocenters. The van der Waals surface area contributed by atoms with Gasteiger partial charge >= 0.3 is 0 Å². The molecular formula is C16H11ClN4OS. The van der Waals surface area contributed by atoms with Crippen LogP contribution in [0.3, 0.4) is 0 Å². The number of rotatable bonds is 3. The molecule has 4 rings (SSSR count). The van der Waals surface area contributed by atoms with Crippen LogP contribution in [0.15, 0.2) is 48.5 Å². The largest absolute Gasteiger partial charge is 0.497 e. The molecule has 0 saturated heterocycles. The molecule has 0 bridgehead atoms. The average Bonchev–Trinajstić information content (AvgIpc) is 3.15. The topological polar surface area (TPSA) is 52.3 Å². The van der Waals surface area contributed by atoms with E-state index in [2.05, 4.69) is 15.3 Å². The van der Waals surface area contributed by atoms with Gasteiger partial charge in [0.1, 0.15) is 10.8 Å². The highest BCUT2D eigenvalue weighted by Gasteiger charge is 2.14. The lowest BCUT2D eigenvalue weighted by molar-refractivity contribution is 0.415. The van der Waals surface area contributed by atoms with Crippen molar-refractivity contribution >= 4 is 27.9 Å². The minimum atomic E-state index is 0.684. The Morgan fingerprint density at radius 3 is 2.61 bits per heavy atom. The van der Waals surface area contributed by atoms with Gasteiger partial charge in [-0.05, 0) is 36.4 Å². The first kappa shape index (κ1) is 14.2. The van der Waals surface area contributed by atoms with Crippen LogP contribution in [0.25, 0.3) is 26.9 Å². The predicted octanol–water partition coefficient (Wildman–Crippen LogP) is 4.18. The van der Waals surface area contributed by atoms with Gasteiger partial charge in [0.15, 0.2) is 5.82 Å². The maximum atomic E-state index is 6.05. The fourth-order valence-electron chi connectivity index (χ4n) is 2.28. The van der Waals surface area contributed by atoms with E-state index >= 15 is 0 Å². The zero-order chi connectivity index (χ0) is 15.8. The van der Waals surface area contributed by atoms with Crippen LogP contribution in [0.5, 0.6) is 5.75 Å². The number of benzene rings is 2. The van der Waals surface area contributed by atoms with Gasteiger partial charge in [0.25, 0.3) is 0 Å². The van der Waals surface area contributed by atoms with Crippen molar-refractivity contribution in [1.82, 2.24) is 19.8 Å². The summed E-state index contributed by atoms with van der Waals surface area (Å²) in [6, 6.07) is 15.3. The molecule has 0 aliphatic carbocycles. The molecule has 0 fully saturated rings. The fraction of sp³-hybridized carbons (Fsp3) is 0.0625. The Morgan fingerprint density at radius 2 is 1.87 bits per heavy atom. The molecule has 0 saturated carbocycles. The summed E-state index contributed by atoms with van der Waals surface area (Å²) in [4.78, 5) is 0.741. The van der Waals surface area contributed by atoms with Crippen LogP contribution in [0.4, 0.5) is 0 Å². The van der Waals surface area contributed by atoms with Gasteiger partial charge in [-0.15, -0.1) is 10.2 Å². The van der Waals surface area contributed by atoms with E-state index < -0.39 is 0 Å². The molecule has 0 aliphatic heterocycles. The summed E-state index contributed by atoms with van der Waals surface area (Å²) in [7, 11) is 1.64. The second-order valence-corrected chi connectivity index (χ2v) is 6.26. The van der Waals surface area contributed by atoms with Crippen LogP contribution in [0.1, 0.15) is 0 Å². The van der Waals surface area contributed by atoms with Gasteiger partial charge in [0, 0.05) is 16.1 Å². The van der Waals surface area contributed by atoms with E-state index in [0.29, 0.717) is 10.8 Å². The fourth-order valence-corrected chi connectivity index (χ4v) is 3.30. The molecule has 2 aromatic heterocycles. The van der Waals surface area contributed by atoms with Gasteiger partial charge in [0.05, 0.1) is 7.11 Å². The quantitative estimate of drug-likeness (QED) is 0.560. The molecule has 0 aliphatic rings. The maximum Gasteiger partial charge on any atom is 0.235 e. The Labute approximate surface area is 141 Å². The number of fused-ring (bicyclic) bond motifs is 1. The van der Waals surface area contributed by atoms with Gasteiger partial charge in [-0.1, -0.05) is 35.1 Å². The first-order valence-electron chi connectivity index (χ1n) is 6.87. The third-order valence-electron chi connectivity index (χ3n) is 3.41. The monoisotopic (exact) mass is 342 g/mol. The second-order valence-electron chi connectivity index (χ2n) is 4.86. The molecule has 2 heterocycles. The van der Waals surface area contributed by atoms with Crippen LogP contribution in [0.2, 0.25) is 5.02 Å². The lowest BCUT2D eigenvalue weighted by atomic mass is 10.2. The molecule has 0 spiro atoms. The van der Waals surface area contributed by atoms with E-state index in [9.17, 15) is 0 Å². The van der Waals surface area contributed by atoms with E-state index in [1.807, 2.05) is 48.5 Å². The number of nitrogens with zero attached hydrogens (tertiary/aromatic N) is 4. The van der Waals surface area contributed by atoms with Gasteiger partial charge in [-0.2, -0.15) is 9.61 Å². The Kier molecular flexibility index (Phi) is 3.48. The van der Waals surface area contributed by atoms with E-state index in [-0.39, 0.29) is 0 Å². The number of aromatic nitrogens is 4. The molecule has 0 atom stereocenters. The minimum Gasteiger partial charge on any atom is -0.497 e. The van der Waals surface area contributed by atoms with E-state index in [4.69, 9.17) is 16.3 Å². The van der Waals surface area contributed by atoms with Crippen LogP contribution >= 0.6 is 22.9 Å². The lowest BCUT2D eigenvalue weighted by Gasteiger charge is -2.00. The molecule has 0 N–H and O–H groups in total. The number of hydrogen-bond acceptors (Lipinski definition) is 5. The normalized spacial score (nSPS) is 11.0. The summed E-state index contributed by atoms with van der Waals surface area (Å²) in [6.07, 6.45) is 0. The highest BCUT2D eigenvalue weighted by Crippen LogP contribution is 2.29. The molecule has 2 aromatic carbocycles. The van der Waals surface area contributed by atoms with Crippen LogP contribution in [-0.2, 0) is 0 Å². The van der Waals surface area contributed by atoms with Crippen molar-refractivity contribution in [3.63, 3.8) is 0 Å². The Bertz CT molecular complexity index is 977. The molecule has 0 radical (unpaired) electrons. The van der Waals surface area contributed by atoms with Gasteiger partial charge in [0.2, 0.25) is 4.96 Å².